The minimum absolute atomic E-state index is 0.0533. The van der Waals surface area contributed by atoms with Gasteiger partial charge >= 0.3 is 0 Å². The summed E-state index contributed by atoms with van der Waals surface area (Å²) in [5.41, 5.74) is 3.54. The maximum atomic E-state index is 12.4. The van der Waals surface area contributed by atoms with Gasteiger partial charge in [0.2, 0.25) is 0 Å². The Morgan fingerprint density at radius 2 is 1.93 bits per heavy atom. The van der Waals surface area contributed by atoms with E-state index in [0.717, 1.165) is 41.4 Å². The number of benzene rings is 1. The van der Waals surface area contributed by atoms with Crippen molar-refractivity contribution in [3.05, 3.63) is 69.8 Å². The number of rotatable bonds is 8. The van der Waals surface area contributed by atoms with E-state index in [9.17, 15) is 4.79 Å². The van der Waals surface area contributed by atoms with Crippen molar-refractivity contribution < 1.29 is 9.47 Å². The van der Waals surface area contributed by atoms with Crippen LogP contribution < -0.4 is 15.0 Å². The summed E-state index contributed by atoms with van der Waals surface area (Å²) in [5, 5.41) is 0. The molecule has 0 spiro atoms. The molecular formula is C22H27N3O3. The number of hydrogen-bond donors (Lipinski definition) is 0. The Morgan fingerprint density at radius 1 is 1.11 bits per heavy atom. The Labute approximate surface area is 165 Å². The largest absolute Gasteiger partial charge is 0.493 e. The fourth-order valence-corrected chi connectivity index (χ4v) is 3.24. The van der Waals surface area contributed by atoms with Gasteiger partial charge in [-0.25, -0.2) is 4.98 Å². The molecule has 28 heavy (non-hydrogen) atoms. The molecule has 6 nitrogen and oxygen atoms in total. The first kappa shape index (κ1) is 19.9. The second-order valence-electron chi connectivity index (χ2n) is 6.69. The maximum Gasteiger partial charge on any atom is 0.258 e. The van der Waals surface area contributed by atoms with Gasteiger partial charge in [-0.2, -0.15) is 0 Å². The highest BCUT2D eigenvalue weighted by Crippen LogP contribution is 2.28. The number of fused-ring (bicyclic) bond motifs is 1. The molecule has 0 aliphatic rings. The number of ether oxygens (including phenoxy) is 2. The van der Waals surface area contributed by atoms with Crippen LogP contribution in [-0.4, -0.2) is 34.5 Å². The number of hydrogen-bond acceptors (Lipinski definition) is 5. The van der Waals surface area contributed by atoms with E-state index in [1.54, 1.807) is 23.8 Å². The van der Waals surface area contributed by atoms with E-state index in [-0.39, 0.29) is 5.56 Å². The van der Waals surface area contributed by atoms with Crippen LogP contribution in [0.3, 0.4) is 0 Å². The summed E-state index contributed by atoms with van der Waals surface area (Å²) in [5.74, 6) is 1.48. The minimum atomic E-state index is -0.0533. The second kappa shape index (κ2) is 8.89. The lowest BCUT2D eigenvalue weighted by atomic mass is 10.1. The molecule has 0 saturated heterocycles. The van der Waals surface area contributed by atoms with E-state index >= 15 is 0 Å². The monoisotopic (exact) mass is 381 g/mol. The summed E-state index contributed by atoms with van der Waals surface area (Å²) in [7, 11) is 1.65. The molecule has 148 valence electrons. The zero-order valence-corrected chi connectivity index (χ0v) is 16.9. The van der Waals surface area contributed by atoms with E-state index in [1.807, 2.05) is 44.2 Å². The van der Waals surface area contributed by atoms with Crippen LogP contribution in [-0.2, 0) is 13.1 Å². The Hall–Kier alpha value is -2.86. The summed E-state index contributed by atoms with van der Waals surface area (Å²) in [6.07, 6.45) is 1.76. The third kappa shape index (κ3) is 4.34. The Balaban J connectivity index is 1.82. The predicted molar refractivity (Wildman–Crippen MR) is 110 cm³/mol. The highest BCUT2D eigenvalue weighted by atomic mass is 16.5. The zero-order chi connectivity index (χ0) is 20.1. The molecule has 0 unspecified atom stereocenters. The first-order chi connectivity index (χ1) is 13.5. The van der Waals surface area contributed by atoms with Crippen LogP contribution in [0.1, 0.15) is 30.7 Å². The Morgan fingerprint density at radius 3 is 2.64 bits per heavy atom. The number of aryl methyl sites for hydroxylation is 1. The van der Waals surface area contributed by atoms with E-state index < -0.39 is 0 Å². The van der Waals surface area contributed by atoms with E-state index in [1.165, 1.54) is 0 Å². The standard InChI is InChI=1S/C22H27N3O3/c1-5-24(14-17-9-10-19(28-6-2)20(12-17)27-4)15-18-13-21(26)25-11-7-8-16(3)22(25)23-18/h7-13H,5-6,14-15H2,1-4H3. The van der Waals surface area contributed by atoms with Crippen LogP contribution >= 0.6 is 0 Å². The number of pyridine rings is 1. The average Bonchev–Trinajstić information content (AvgIpc) is 2.69. The van der Waals surface area contributed by atoms with Crippen molar-refractivity contribution in [2.24, 2.45) is 0 Å². The second-order valence-corrected chi connectivity index (χ2v) is 6.69. The normalized spacial score (nSPS) is 11.2. The van der Waals surface area contributed by atoms with Crippen LogP contribution in [0.2, 0.25) is 0 Å². The molecule has 0 atom stereocenters. The van der Waals surface area contributed by atoms with Crippen LogP contribution in [0, 0.1) is 6.92 Å². The minimum Gasteiger partial charge on any atom is -0.493 e. The van der Waals surface area contributed by atoms with Gasteiger partial charge in [-0.3, -0.25) is 14.1 Å². The van der Waals surface area contributed by atoms with Crippen molar-refractivity contribution in [3.63, 3.8) is 0 Å². The molecule has 0 aliphatic heterocycles. The van der Waals surface area contributed by atoms with Crippen molar-refractivity contribution in [2.45, 2.75) is 33.9 Å². The summed E-state index contributed by atoms with van der Waals surface area (Å²) < 4.78 is 12.6. The Bertz CT molecular complexity index is 1010. The van der Waals surface area contributed by atoms with Crippen LogP contribution in [0.5, 0.6) is 11.5 Å². The van der Waals surface area contributed by atoms with E-state index in [2.05, 4.69) is 11.8 Å². The number of aromatic nitrogens is 2. The molecule has 0 amide bonds. The van der Waals surface area contributed by atoms with Gasteiger partial charge in [-0.1, -0.05) is 19.1 Å². The van der Waals surface area contributed by atoms with Crippen LogP contribution in [0.25, 0.3) is 5.65 Å². The maximum absolute atomic E-state index is 12.4. The fourth-order valence-electron chi connectivity index (χ4n) is 3.24. The molecule has 0 saturated carbocycles. The fraction of sp³-hybridized carbons (Fsp3) is 0.364. The van der Waals surface area contributed by atoms with Gasteiger partial charge in [-0.05, 0) is 49.7 Å². The summed E-state index contributed by atoms with van der Waals surface area (Å²) in [6.45, 7) is 8.79. The highest BCUT2D eigenvalue weighted by Gasteiger charge is 2.11. The van der Waals surface area contributed by atoms with E-state index in [4.69, 9.17) is 14.5 Å². The summed E-state index contributed by atoms with van der Waals surface area (Å²) >= 11 is 0. The topological polar surface area (TPSA) is 56.1 Å². The van der Waals surface area contributed by atoms with Gasteiger partial charge in [0.05, 0.1) is 19.4 Å². The SMILES string of the molecule is CCOc1ccc(CN(CC)Cc2cc(=O)n3cccc(C)c3n2)cc1OC. The van der Waals surface area contributed by atoms with E-state index in [0.29, 0.717) is 18.8 Å². The summed E-state index contributed by atoms with van der Waals surface area (Å²) in [6, 6.07) is 11.4. The van der Waals surface area contributed by atoms with Gasteiger partial charge in [0.25, 0.3) is 5.56 Å². The third-order valence-corrected chi connectivity index (χ3v) is 4.71. The molecule has 0 fully saturated rings. The molecule has 6 heteroatoms. The molecule has 3 aromatic rings. The van der Waals surface area contributed by atoms with Gasteiger partial charge in [-0.15, -0.1) is 0 Å². The molecule has 0 radical (unpaired) electrons. The molecular weight excluding hydrogens is 354 g/mol. The van der Waals surface area contributed by atoms with Crippen LogP contribution in [0.4, 0.5) is 0 Å². The van der Waals surface area contributed by atoms with Gasteiger partial charge < -0.3 is 9.47 Å². The lowest BCUT2D eigenvalue weighted by Gasteiger charge is -2.21. The van der Waals surface area contributed by atoms with Gasteiger partial charge in [0.15, 0.2) is 11.5 Å². The molecule has 0 N–H and O–H groups in total. The first-order valence-corrected chi connectivity index (χ1v) is 9.55. The number of nitrogens with zero attached hydrogens (tertiary/aromatic N) is 3. The molecule has 0 bridgehead atoms. The summed E-state index contributed by atoms with van der Waals surface area (Å²) in [4.78, 5) is 19.4. The Kier molecular flexibility index (Phi) is 6.31. The average molecular weight is 381 g/mol. The van der Waals surface area contributed by atoms with Crippen LogP contribution in [0.15, 0.2) is 47.4 Å². The molecule has 2 heterocycles. The van der Waals surface area contributed by atoms with Crippen molar-refractivity contribution in [3.8, 4) is 11.5 Å². The smallest absolute Gasteiger partial charge is 0.258 e. The first-order valence-electron chi connectivity index (χ1n) is 9.55. The lowest BCUT2D eigenvalue weighted by molar-refractivity contribution is 0.266. The highest BCUT2D eigenvalue weighted by molar-refractivity contribution is 5.47. The number of methoxy groups -OCH3 is 1. The lowest BCUT2D eigenvalue weighted by Crippen LogP contribution is -2.25. The van der Waals surface area contributed by atoms with Crippen molar-refractivity contribution >= 4 is 5.65 Å². The van der Waals surface area contributed by atoms with Crippen molar-refractivity contribution in [2.75, 3.05) is 20.3 Å². The van der Waals surface area contributed by atoms with Gasteiger partial charge in [0.1, 0.15) is 5.65 Å². The molecule has 1 aromatic carbocycles. The molecule has 3 rings (SSSR count). The molecule has 2 aromatic heterocycles. The zero-order valence-electron chi connectivity index (χ0n) is 16.9. The van der Waals surface area contributed by atoms with Crippen molar-refractivity contribution in [1.82, 2.24) is 14.3 Å². The molecule has 0 aliphatic carbocycles. The third-order valence-electron chi connectivity index (χ3n) is 4.71. The predicted octanol–water partition coefficient (Wildman–Crippen LogP) is 3.43. The quantitative estimate of drug-likeness (QED) is 0.598. The van der Waals surface area contributed by atoms with Gasteiger partial charge in [0, 0.05) is 25.4 Å². The van der Waals surface area contributed by atoms with Crippen molar-refractivity contribution in [1.29, 1.82) is 0 Å².